The van der Waals surface area contributed by atoms with Crippen molar-refractivity contribution in [1.82, 2.24) is 19.3 Å². The van der Waals surface area contributed by atoms with Crippen molar-refractivity contribution in [1.29, 1.82) is 0 Å². The average Bonchev–Trinajstić information content (AvgIpc) is 3.99. The fourth-order valence-corrected chi connectivity index (χ4v) is 10.8. The van der Waals surface area contributed by atoms with Crippen LogP contribution < -0.4 is 4.74 Å². The minimum absolute atomic E-state index is 0.722. The van der Waals surface area contributed by atoms with Gasteiger partial charge < -0.3 is 4.74 Å². The van der Waals surface area contributed by atoms with Crippen molar-refractivity contribution in [2.45, 2.75) is 33.6 Å². The van der Waals surface area contributed by atoms with E-state index < -0.39 is 0 Å². The molecular formula is C67H52N4O. The molecule has 0 radical (unpaired) electrons. The Hall–Kier alpha value is -9.06. The van der Waals surface area contributed by atoms with Crippen LogP contribution in [0.4, 0.5) is 0 Å². The van der Waals surface area contributed by atoms with Crippen LogP contribution >= 0.6 is 0 Å². The quantitative estimate of drug-likeness (QED) is 0.123. The molecule has 0 aliphatic heterocycles. The van der Waals surface area contributed by atoms with E-state index in [1.54, 1.807) is 0 Å². The summed E-state index contributed by atoms with van der Waals surface area (Å²) in [5.74, 6) is 2.34. The molecule has 3 heterocycles. The van der Waals surface area contributed by atoms with Crippen molar-refractivity contribution >= 4 is 21.8 Å². The Bertz CT molecular complexity index is 3790. The first-order chi connectivity index (χ1) is 35.6. The molecular weight excluding hydrogens is 877 g/mol. The summed E-state index contributed by atoms with van der Waals surface area (Å²) in [7, 11) is 0. The lowest BCUT2D eigenvalue weighted by molar-refractivity contribution is 0.482. The minimum atomic E-state index is 0.722. The van der Waals surface area contributed by atoms with Gasteiger partial charge in [0.15, 0.2) is 0 Å². The highest BCUT2D eigenvalue weighted by atomic mass is 16.5. The molecule has 0 saturated heterocycles. The Morgan fingerprint density at radius 3 is 1.40 bits per heavy atom. The van der Waals surface area contributed by atoms with Gasteiger partial charge in [0.2, 0.25) is 0 Å². The zero-order valence-electron chi connectivity index (χ0n) is 40.6. The predicted molar refractivity (Wildman–Crippen MR) is 298 cm³/mol. The number of hydrogen-bond donors (Lipinski definition) is 0. The molecule has 0 saturated carbocycles. The van der Waals surface area contributed by atoms with Crippen molar-refractivity contribution in [2.24, 2.45) is 0 Å². The van der Waals surface area contributed by atoms with Crippen LogP contribution in [0.5, 0.6) is 11.5 Å². The summed E-state index contributed by atoms with van der Waals surface area (Å²) < 4.78 is 11.2. The first-order valence-corrected chi connectivity index (χ1v) is 24.9. The summed E-state index contributed by atoms with van der Waals surface area (Å²) in [6.45, 7) is 6.59. The molecule has 0 aliphatic carbocycles. The normalized spacial score (nSPS) is 11.4. The number of aromatic nitrogens is 4. The van der Waals surface area contributed by atoms with Crippen molar-refractivity contribution in [3.8, 4) is 89.8 Å². The Balaban J connectivity index is 1.11. The molecule has 0 bridgehead atoms. The van der Waals surface area contributed by atoms with E-state index in [4.69, 9.17) is 14.8 Å². The molecule has 3 aromatic heterocycles. The van der Waals surface area contributed by atoms with Crippen LogP contribution in [0.25, 0.3) is 100 Å². The number of aryl methyl sites for hydroxylation is 2. The van der Waals surface area contributed by atoms with Crippen molar-refractivity contribution < 1.29 is 4.74 Å². The highest BCUT2D eigenvalue weighted by Gasteiger charge is 2.32. The third-order valence-electron chi connectivity index (χ3n) is 13.9. The molecule has 72 heavy (non-hydrogen) atoms. The van der Waals surface area contributed by atoms with Gasteiger partial charge in [-0.2, -0.15) is 5.10 Å². The Labute approximate surface area is 420 Å². The maximum absolute atomic E-state index is 6.84. The van der Waals surface area contributed by atoms with E-state index in [9.17, 15) is 0 Å². The fraction of sp³-hybridized carbons (Fsp3) is 0.0746. The summed E-state index contributed by atoms with van der Waals surface area (Å²) in [5.41, 5.74) is 20.3. The van der Waals surface area contributed by atoms with Crippen molar-refractivity contribution in [3.63, 3.8) is 0 Å². The van der Waals surface area contributed by atoms with Crippen LogP contribution in [-0.4, -0.2) is 19.3 Å². The molecule has 0 atom stereocenters. The second-order valence-corrected chi connectivity index (χ2v) is 18.3. The lowest BCUT2D eigenvalue weighted by atomic mass is 9.73. The highest BCUT2D eigenvalue weighted by molar-refractivity contribution is 6.15. The van der Waals surface area contributed by atoms with E-state index in [2.05, 4.69) is 248 Å². The SMILES string of the molecule is CCc1nn(-c2cccc(Oc3ccc4c5ccccc5n(-c5cc(C)ccn5)c4c3)c2)c(CC)c1-c1c(-c2ccccc2)c(-c2ccccc2)c(-c2ccccc2)c(-c2ccccc2)c1-c1ccccc1. The maximum atomic E-state index is 6.84. The first-order valence-electron chi connectivity index (χ1n) is 24.9. The molecule has 0 amide bonds. The van der Waals surface area contributed by atoms with Gasteiger partial charge in [-0.3, -0.25) is 4.57 Å². The fourth-order valence-electron chi connectivity index (χ4n) is 10.8. The van der Waals surface area contributed by atoms with Gasteiger partial charge >= 0.3 is 0 Å². The zero-order valence-corrected chi connectivity index (χ0v) is 40.6. The number of rotatable bonds is 12. The Morgan fingerprint density at radius 2 is 0.889 bits per heavy atom. The maximum Gasteiger partial charge on any atom is 0.137 e. The van der Waals surface area contributed by atoms with Gasteiger partial charge in [0.25, 0.3) is 0 Å². The molecule has 0 fully saturated rings. The lowest BCUT2D eigenvalue weighted by Gasteiger charge is -2.29. The molecule has 5 nitrogen and oxygen atoms in total. The standard InChI is InChI=1S/C67H52N4O/c1-4-56-66(57(5-2)71(69-56)51-34-23-35-52(43-51)72-53-38-39-55-54-36-21-22-37-58(54)70(59(55)44-53)60-42-45(3)40-41-68-60)67-64(49-30-17-9-18-31-49)62(47-26-13-7-14-27-47)61(46-24-11-6-12-25-46)63(48-28-15-8-16-29-48)65(67)50-32-19-10-20-33-50/h6-44H,4-5H2,1-3H3. The van der Waals surface area contributed by atoms with Crippen LogP contribution in [-0.2, 0) is 12.8 Å². The van der Waals surface area contributed by atoms with Crippen LogP contribution in [0.15, 0.2) is 237 Å². The molecule has 0 N–H and O–H groups in total. The summed E-state index contributed by atoms with van der Waals surface area (Å²) >= 11 is 0. The number of nitrogens with zero attached hydrogens (tertiary/aromatic N) is 4. The lowest BCUT2D eigenvalue weighted by Crippen LogP contribution is -2.05. The predicted octanol–water partition coefficient (Wildman–Crippen LogP) is 17.6. The van der Waals surface area contributed by atoms with Gasteiger partial charge in [-0.25, -0.2) is 9.67 Å². The third kappa shape index (κ3) is 7.86. The molecule has 9 aromatic carbocycles. The number of fused-ring (bicyclic) bond motifs is 3. The van der Waals surface area contributed by atoms with E-state index in [0.717, 1.165) is 103 Å². The van der Waals surface area contributed by atoms with E-state index in [1.807, 2.05) is 18.3 Å². The molecule has 0 unspecified atom stereocenters. The number of para-hydroxylation sites is 1. The van der Waals surface area contributed by atoms with Gasteiger partial charge in [0.1, 0.15) is 17.3 Å². The smallest absolute Gasteiger partial charge is 0.137 e. The molecule has 12 aromatic rings. The summed E-state index contributed by atoms with van der Waals surface area (Å²) in [6, 6.07) is 82.2. The van der Waals surface area contributed by atoms with E-state index in [0.29, 0.717) is 0 Å². The van der Waals surface area contributed by atoms with Gasteiger partial charge in [-0.1, -0.05) is 190 Å². The van der Waals surface area contributed by atoms with E-state index in [-0.39, 0.29) is 0 Å². The second-order valence-electron chi connectivity index (χ2n) is 18.3. The van der Waals surface area contributed by atoms with Crippen molar-refractivity contribution in [3.05, 3.63) is 254 Å². The van der Waals surface area contributed by atoms with Gasteiger partial charge in [0, 0.05) is 40.2 Å². The van der Waals surface area contributed by atoms with Gasteiger partial charge in [-0.15, -0.1) is 0 Å². The van der Waals surface area contributed by atoms with E-state index in [1.165, 1.54) is 38.8 Å². The van der Waals surface area contributed by atoms with Gasteiger partial charge in [-0.05, 0) is 123 Å². The summed E-state index contributed by atoms with van der Waals surface area (Å²) in [6.07, 6.45) is 3.33. The van der Waals surface area contributed by atoms with Crippen molar-refractivity contribution in [2.75, 3.05) is 0 Å². The monoisotopic (exact) mass is 928 g/mol. The molecule has 346 valence electrons. The number of benzene rings is 9. The molecule has 12 rings (SSSR count). The zero-order chi connectivity index (χ0) is 48.5. The summed E-state index contributed by atoms with van der Waals surface area (Å²) in [5, 5.41) is 7.93. The number of hydrogen-bond acceptors (Lipinski definition) is 3. The largest absolute Gasteiger partial charge is 0.457 e. The second kappa shape index (κ2) is 19.0. The summed E-state index contributed by atoms with van der Waals surface area (Å²) in [4.78, 5) is 4.81. The average molecular weight is 929 g/mol. The first kappa shape index (κ1) is 44.2. The highest BCUT2D eigenvalue weighted by Crippen LogP contribution is 2.57. The topological polar surface area (TPSA) is 44.9 Å². The minimum Gasteiger partial charge on any atom is -0.457 e. The third-order valence-corrected chi connectivity index (χ3v) is 13.9. The van der Waals surface area contributed by atoms with Crippen LogP contribution in [0.2, 0.25) is 0 Å². The Morgan fingerprint density at radius 1 is 0.403 bits per heavy atom. The van der Waals surface area contributed by atoms with Crippen LogP contribution in [0.3, 0.4) is 0 Å². The van der Waals surface area contributed by atoms with Crippen LogP contribution in [0, 0.1) is 6.92 Å². The van der Waals surface area contributed by atoms with Gasteiger partial charge in [0.05, 0.1) is 28.1 Å². The van der Waals surface area contributed by atoms with Crippen LogP contribution in [0.1, 0.15) is 30.8 Å². The molecule has 0 spiro atoms. The molecule has 0 aliphatic rings. The van der Waals surface area contributed by atoms with E-state index >= 15 is 0 Å². The number of pyridine rings is 1. The number of ether oxygens (including phenoxy) is 1. The molecule has 5 heteroatoms. The Kier molecular flexibility index (Phi) is 11.7.